The zero-order valence-corrected chi connectivity index (χ0v) is 13.3. The maximum absolute atomic E-state index is 12.9. The summed E-state index contributed by atoms with van der Waals surface area (Å²) in [6, 6.07) is 22.6. The van der Waals surface area contributed by atoms with E-state index in [-0.39, 0.29) is 11.7 Å². The molecule has 0 saturated carbocycles. The van der Waals surface area contributed by atoms with E-state index in [2.05, 4.69) is 24.3 Å². The largest absolute Gasteiger partial charge is 0.494 e. The summed E-state index contributed by atoms with van der Waals surface area (Å²) in [5.41, 5.74) is 1.07. The first-order valence-corrected chi connectivity index (χ1v) is 8.03. The smallest absolute Gasteiger partial charge is 0.123 e. The minimum absolute atomic E-state index is 0.159. The summed E-state index contributed by atoms with van der Waals surface area (Å²) in [6.07, 6.45) is 1.49. The van der Waals surface area contributed by atoms with Crippen LogP contribution < -0.4 is 4.74 Å². The molecule has 3 aromatic rings. The maximum atomic E-state index is 12.9. The third kappa shape index (κ3) is 3.72. The average molecular weight is 319 g/mol. The van der Waals surface area contributed by atoms with E-state index in [1.54, 1.807) is 12.1 Å². The zero-order chi connectivity index (χ0) is 16.8. The van der Waals surface area contributed by atoms with Crippen LogP contribution in [-0.4, -0.2) is 6.61 Å². The quantitative estimate of drug-likeness (QED) is 0.566. The van der Waals surface area contributed by atoms with Crippen LogP contribution in [0.4, 0.5) is 4.39 Å². The number of hydrogen-bond acceptors (Lipinski definition) is 2. The van der Waals surface area contributed by atoms with Gasteiger partial charge in [-0.15, -0.1) is 0 Å². The van der Waals surface area contributed by atoms with Crippen LogP contribution >= 0.6 is 0 Å². The fourth-order valence-electron chi connectivity index (χ4n) is 2.85. The Morgan fingerprint density at radius 3 is 2.50 bits per heavy atom. The Morgan fingerprint density at radius 2 is 1.71 bits per heavy atom. The Bertz CT molecular complexity index is 846. The molecular weight excluding hydrogens is 301 g/mol. The summed E-state index contributed by atoms with van der Waals surface area (Å²) in [5.74, 6) is 0.214. The Kier molecular flexibility index (Phi) is 5.08. The molecule has 0 aliphatic carbocycles. The van der Waals surface area contributed by atoms with Crippen LogP contribution in [0.1, 0.15) is 24.3 Å². The molecule has 0 N–H and O–H groups in total. The fourth-order valence-corrected chi connectivity index (χ4v) is 2.85. The van der Waals surface area contributed by atoms with Gasteiger partial charge in [0.15, 0.2) is 0 Å². The molecule has 0 saturated heterocycles. The van der Waals surface area contributed by atoms with E-state index in [1.165, 1.54) is 12.1 Å². The highest BCUT2D eigenvalue weighted by Crippen LogP contribution is 2.28. The van der Waals surface area contributed by atoms with Gasteiger partial charge >= 0.3 is 0 Å². The maximum Gasteiger partial charge on any atom is 0.123 e. The van der Waals surface area contributed by atoms with Crippen LogP contribution in [0.3, 0.4) is 0 Å². The molecule has 0 heterocycles. The lowest BCUT2D eigenvalue weighted by Gasteiger charge is -2.13. The van der Waals surface area contributed by atoms with Gasteiger partial charge in [0.1, 0.15) is 11.6 Å². The van der Waals surface area contributed by atoms with Gasteiger partial charge in [0.05, 0.1) is 18.6 Å². The second-order valence-corrected chi connectivity index (χ2v) is 5.69. The topological polar surface area (TPSA) is 33.0 Å². The number of hydrogen-bond donors (Lipinski definition) is 0. The summed E-state index contributed by atoms with van der Waals surface area (Å²) in [7, 11) is 0. The van der Waals surface area contributed by atoms with Crippen molar-refractivity contribution in [3.8, 4) is 11.8 Å². The van der Waals surface area contributed by atoms with Gasteiger partial charge in [0.2, 0.25) is 0 Å². The molecule has 0 spiro atoms. The predicted octanol–water partition coefficient (Wildman–Crippen LogP) is 5.45. The second kappa shape index (κ2) is 7.61. The van der Waals surface area contributed by atoms with Crippen molar-refractivity contribution in [2.75, 3.05) is 6.61 Å². The Labute approximate surface area is 141 Å². The molecule has 0 aromatic heterocycles. The van der Waals surface area contributed by atoms with Gasteiger partial charge < -0.3 is 4.74 Å². The number of benzene rings is 3. The van der Waals surface area contributed by atoms with E-state index in [9.17, 15) is 9.65 Å². The van der Waals surface area contributed by atoms with Gasteiger partial charge in [0.25, 0.3) is 0 Å². The van der Waals surface area contributed by atoms with E-state index in [0.717, 1.165) is 29.2 Å². The summed E-state index contributed by atoms with van der Waals surface area (Å²) >= 11 is 0. The molecule has 3 heteroatoms. The second-order valence-electron chi connectivity index (χ2n) is 5.69. The van der Waals surface area contributed by atoms with Gasteiger partial charge in [-0.25, -0.2) is 4.39 Å². The van der Waals surface area contributed by atoms with Crippen molar-refractivity contribution in [2.24, 2.45) is 0 Å². The lowest BCUT2D eigenvalue weighted by molar-refractivity contribution is 0.304. The third-order valence-corrected chi connectivity index (χ3v) is 4.07. The molecule has 1 unspecified atom stereocenters. The number of nitrogens with zero attached hydrogens (tertiary/aromatic N) is 1. The zero-order valence-electron chi connectivity index (χ0n) is 13.3. The van der Waals surface area contributed by atoms with E-state index < -0.39 is 0 Å². The minimum atomic E-state index is -0.275. The van der Waals surface area contributed by atoms with E-state index >= 15 is 0 Å². The number of halogens is 1. The molecular formula is C21H18FNO. The molecule has 1 atom stereocenters. The molecule has 3 rings (SSSR count). The molecule has 2 nitrogen and oxygen atoms in total. The molecule has 0 aliphatic rings. The number of ether oxygens (including phenoxy) is 1. The van der Waals surface area contributed by atoms with Gasteiger partial charge in [-0.3, -0.25) is 0 Å². The van der Waals surface area contributed by atoms with Crippen LogP contribution in [0.25, 0.3) is 10.8 Å². The molecule has 120 valence electrons. The van der Waals surface area contributed by atoms with Gasteiger partial charge in [-0.05, 0) is 53.4 Å². The highest BCUT2D eigenvalue weighted by Gasteiger charge is 2.13. The van der Waals surface area contributed by atoms with Crippen molar-refractivity contribution in [3.63, 3.8) is 0 Å². The van der Waals surface area contributed by atoms with Crippen LogP contribution in [0.5, 0.6) is 5.75 Å². The number of fused-ring (bicyclic) bond motifs is 1. The molecule has 24 heavy (non-hydrogen) atoms. The number of rotatable bonds is 6. The van der Waals surface area contributed by atoms with Gasteiger partial charge in [-0.2, -0.15) is 5.26 Å². The fraction of sp³-hybridized carbons (Fsp3) is 0.190. The van der Waals surface area contributed by atoms with Gasteiger partial charge in [-0.1, -0.05) is 42.5 Å². The predicted molar refractivity (Wildman–Crippen MR) is 93.4 cm³/mol. The molecule has 0 amide bonds. The molecule has 0 bridgehead atoms. The minimum Gasteiger partial charge on any atom is -0.494 e. The summed E-state index contributed by atoms with van der Waals surface area (Å²) in [4.78, 5) is 0. The van der Waals surface area contributed by atoms with Crippen LogP contribution in [0.2, 0.25) is 0 Å². The summed E-state index contributed by atoms with van der Waals surface area (Å²) < 4.78 is 18.5. The Hall–Kier alpha value is -2.86. The molecule has 0 aliphatic heterocycles. The highest BCUT2D eigenvalue weighted by atomic mass is 19.1. The first-order chi connectivity index (χ1) is 11.8. The highest BCUT2D eigenvalue weighted by molar-refractivity contribution is 5.86. The molecule has 0 radical (unpaired) electrons. The first kappa shape index (κ1) is 16.0. The van der Waals surface area contributed by atoms with Crippen molar-refractivity contribution in [1.29, 1.82) is 5.26 Å². The van der Waals surface area contributed by atoms with Crippen LogP contribution in [0.15, 0.2) is 66.7 Å². The summed E-state index contributed by atoms with van der Waals surface area (Å²) in [6.45, 7) is 0.509. The van der Waals surface area contributed by atoms with Gasteiger partial charge in [0, 0.05) is 0 Å². The van der Waals surface area contributed by atoms with E-state index in [0.29, 0.717) is 12.4 Å². The van der Waals surface area contributed by atoms with Crippen molar-refractivity contribution < 1.29 is 9.13 Å². The van der Waals surface area contributed by atoms with Crippen LogP contribution in [0, 0.1) is 17.1 Å². The lowest BCUT2D eigenvalue weighted by atomic mass is 9.91. The standard InChI is InChI=1S/C21H18FNO/c22-18-10-12-19(13-11-18)24-14-4-7-17(15-23)21-9-3-6-16-5-1-2-8-20(16)21/h1-3,5-6,8-13,17H,4,7,14H2. The lowest BCUT2D eigenvalue weighted by Crippen LogP contribution is -2.02. The Morgan fingerprint density at radius 1 is 0.958 bits per heavy atom. The first-order valence-electron chi connectivity index (χ1n) is 8.03. The molecule has 3 aromatic carbocycles. The summed E-state index contributed by atoms with van der Waals surface area (Å²) in [5, 5.41) is 11.8. The number of nitriles is 1. The molecule has 0 fully saturated rings. The normalized spacial score (nSPS) is 11.8. The third-order valence-electron chi connectivity index (χ3n) is 4.07. The van der Waals surface area contributed by atoms with Crippen molar-refractivity contribution in [2.45, 2.75) is 18.8 Å². The average Bonchev–Trinajstić information content (AvgIpc) is 2.63. The van der Waals surface area contributed by atoms with E-state index in [1.807, 2.05) is 24.3 Å². The monoisotopic (exact) mass is 319 g/mol. The van der Waals surface area contributed by atoms with Crippen molar-refractivity contribution in [3.05, 3.63) is 78.1 Å². The van der Waals surface area contributed by atoms with E-state index in [4.69, 9.17) is 4.74 Å². The SMILES string of the molecule is N#CC(CCCOc1ccc(F)cc1)c1cccc2ccccc12. The van der Waals surface area contributed by atoms with Crippen molar-refractivity contribution >= 4 is 10.8 Å². The van der Waals surface area contributed by atoms with Crippen LogP contribution in [-0.2, 0) is 0 Å². The van der Waals surface area contributed by atoms with Crippen molar-refractivity contribution in [1.82, 2.24) is 0 Å². The Balaban J connectivity index is 1.62.